The maximum Gasteiger partial charge on any atom is 0.387 e. The third kappa shape index (κ3) is 2.79. The van der Waals surface area contributed by atoms with E-state index in [4.69, 9.17) is 16.3 Å². The Morgan fingerprint density at radius 2 is 2.07 bits per heavy atom. The first-order chi connectivity index (χ1) is 7.08. The molecule has 1 heterocycles. The van der Waals surface area contributed by atoms with Crippen LogP contribution in [0.2, 0.25) is 5.15 Å². The predicted octanol–water partition coefficient (Wildman–Crippen LogP) is 1.78. The standard InChI is InChI=1S/C7H8ClF2N3O2/c1-11-7-12-4(8)3(15-6(9)10)5(13-7)14-2/h6H,1-2H3,(H,11,12,13). The van der Waals surface area contributed by atoms with Crippen LogP contribution >= 0.6 is 11.6 Å². The molecule has 0 aromatic carbocycles. The van der Waals surface area contributed by atoms with Crippen LogP contribution in [0.15, 0.2) is 0 Å². The van der Waals surface area contributed by atoms with Crippen LogP contribution in [0.25, 0.3) is 0 Å². The topological polar surface area (TPSA) is 56.3 Å². The van der Waals surface area contributed by atoms with Crippen LogP contribution in [-0.2, 0) is 0 Å². The maximum atomic E-state index is 12.0. The smallest absolute Gasteiger partial charge is 0.387 e. The molecule has 84 valence electrons. The molecule has 1 aromatic heterocycles. The Hall–Kier alpha value is -1.37. The minimum absolute atomic E-state index is 0.151. The fourth-order valence-electron chi connectivity index (χ4n) is 0.842. The van der Waals surface area contributed by atoms with Gasteiger partial charge in [-0.1, -0.05) is 11.6 Å². The minimum atomic E-state index is -3.01. The molecule has 0 radical (unpaired) electrons. The Bertz CT molecular complexity index is 351. The fourth-order valence-corrected chi connectivity index (χ4v) is 1.05. The summed E-state index contributed by atoms with van der Waals surface area (Å²) in [5.74, 6) is -0.383. The normalized spacial score (nSPS) is 10.3. The molecule has 0 spiro atoms. The van der Waals surface area contributed by atoms with Crippen molar-refractivity contribution < 1.29 is 18.3 Å². The highest BCUT2D eigenvalue weighted by Gasteiger charge is 2.18. The van der Waals surface area contributed by atoms with Gasteiger partial charge in [-0.2, -0.15) is 18.7 Å². The first kappa shape index (κ1) is 11.7. The lowest BCUT2D eigenvalue weighted by Crippen LogP contribution is -2.07. The molecule has 0 atom stereocenters. The molecule has 1 aromatic rings. The van der Waals surface area contributed by atoms with Crippen LogP contribution in [0, 0.1) is 0 Å². The van der Waals surface area contributed by atoms with Gasteiger partial charge < -0.3 is 14.8 Å². The number of nitrogens with one attached hydrogen (secondary N) is 1. The maximum absolute atomic E-state index is 12.0. The molecule has 1 rings (SSSR count). The number of anilines is 1. The number of hydrogen-bond donors (Lipinski definition) is 1. The van der Waals surface area contributed by atoms with Gasteiger partial charge in [-0.15, -0.1) is 0 Å². The molecule has 0 saturated heterocycles. The van der Waals surface area contributed by atoms with Gasteiger partial charge in [0.2, 0.25) is 11.7 Å². The number of hydrogen-bond acceptors (Lipinski definition) is 5. The van der Waals surface area contributed by atoms with Gasteiger partial charge in [0.25, 0.3) is 5.88 Å². The molecular formula is C7H8ClF2N3O2. The first-order valence-corrected chi connectivity index (χ1v) is 4.20. The number of halogens is 3. The van der Waals surface area contributed by atoms with Gasteiger partial charge >= 0.3 is 6.61 Å². The zero-order valence-corrected chi connectivity index (χ0v) is 8.68. The number of ether oxygens (including phenoxy) is 2. The van der Waals surface area contributed by atoms with Crippen molar-refractivity contribution in [2.75, 3.05) is 19.5 Å². The van der Waals surface area contributed by atoms with Crippen molar-refractivity contribution in [1.29, 1.82) is 0 Å². The van der Waals surface area contributed by atoms with E-state index in [1.165, 1.54) is 7.11 Å². The van der Waals surface area contributed by atoms with Crippen molar-refractivity contribution >= 4 is 17.5 Å². The quantitative estimate of drug-likeness (QED) is 0.812. The second-order valence-electron chi connectivity index (χ2n) is 2.30. The number of aromatic nitrogens is 2. The Balaban J connectivity index is 3.12. The van der Waals surface area contributed by atoms with Crippen LogP contribution in [0.3, 0.4) is 0 Å². The summed E-state index contributed by atoms with van der Waals surface area (Å²) >= 11 is 5.61. The van der Waals surface area contributed by atoms with E-state index in [0.717, 1.165) is 0 Å². The highest BCUT2D eigenvalue weighted by atomic mass is 35.5. The Morgan fingerprint density at radius 1 is 1.40 bits per heavy atom. The summed E-state index contributed by atoms with van der Waals surface area (Å²) < 4.78 is 32.8. The molecule has 8 heteroatoms. The summed E-state index contributed by atoms with van der Waals surface area (Å²) in [5, 5.41) is 2.35. The van der Waals surface area contributed by atoms with Gasteiger partial charge in [0.1, 0.15) is 0 Å². The number of rotatable bonds is 4. The lowest BCUT2D eigenvalue weighted by Gasteiger charge is -2.10. The van der Waals surface area contributed by atoms with Crippen molar-refractivity contribution in [2.24, 2.45) is 0 Å². The van der Waals surface area contributed by atoms with E-state index in [2.05, 4.69) is 20.0 Å². The fraction of sp³-hybridized carbons (Fsp3) is 0.429. The van der Waals surface area contributed by atoms with Crippen molar-refractivity contribution in [2.45, 2.75) is 6.61 Å². The van der Waals surface area contributed by atoms with Crippen LogP contribution < -0.4 is 14.8 Å². The average Bonchev–Trinajstić information content (AvgIpc) is 2.20. The van der Waals surface area contributed by atoms with E-state index < -0.39 is 6.61 Å². The third-order valence-corrected chi connectivity index (χ3v) is 1.67. The SMILES string of the molecule is CNc1nc(Cl)c(OC(F)F)c(OC)n1. The van der Waals surface area contributed by atoms with Gasteiger partial charge in [-0.05, 0) is 0 Å². The molecule has 0 aliphatic heterocycles. The monoisotopic (exact) mass is 239 g/mol. The number of methoxy groups -OCH3 is 1. The van der Waals surface area contributed by atoms with E-state index in [9.17, 15) is 8.78 Å². The zero-order chi connectivity index (χ0) is 11.4. The van der Waals surface area contributed by atoms with Gasteiger partial charge in [-0.25, -0.2) is 0 Å². The number of alkyl halides is 2. The Morgan fingerprint density at radius 3 is 2.53 bits per heavy atom. The predicted molar refractivity (Wildman–Crippen MR) is 49.8 cm³/mol. The lowest BCUT2D eigenvalue weighted by molar-refractivity contribution is -0.0517. The molecule has 0 saturated carbocycles. The minimum Gasteiger partial charge on any atom is -0.478 e. The van der Waals surface area contributed by atoms with Gasteiger partial charge in [-0.3, -0.25) is 0 Å². The van der Waals surface area contributed by atoms with Gasteiger partial charge in [0, 0.05) is 7.05 Å². The average molecular weight is 240 g/mol. The van der Waals surface area contributed by atoms with E-state index >= 15 is 0 Å². The van der Waals surface area contributed by atoms with Gasteiger partial charge in [0.15, 0.2) is 5.15 Å². The molecule has 1 N–H and O–H groups in total. The second kappa shape index (κ2) is 4.92. The molecule has 0 bridgehead atoms. The summed E-state index contributed by atoms with van der Waals surface area (Å²) in [4.78, 5) is 7.39. The molecule has 0 amide bonds. The second-order valence-corrected chi connectivity index (χ2v) is 2.66. The van der Waals surface area contributed by atoms with E-state index in [-0.39, 0.29) is 22.7 Å². The van der Waals surface area contributed by atoms with Crippen molar-refractivity contribution in [3.05, 3.63) is 5.15 Å². The lowest BCUT2D eigenvalue weighted by atomic mass is 10.5. The molecule has 0 aliphatic rings. The third-order valence-electron chi connectivity index (χ3n) is 1.42. The summed E-state index contributed by atoms with van der Waals surface area (Å²) in [7, 11) is 2.81. The summed E-state index contributed by atoms with van der Waals surface area (Å²) in [5.41, 5.74) is 0. The highest BCUT2D eigenvalue weighted by molar-refractivity contribution is 6.31. The van der Waals surface area contributed by atoms with E-state index in [1.807, 2.05) is 0 Å². The highest BCUT2D eigenvalue weighted by Crippen LogP contribution is 2.33. The van der Waals surface area contributed by atoms with Crippen LogP contribution in [0.5, 0.6) is 11.6 Å². The Kier molecular flexibility index (Phi) is 3.84. The summed E-state index contributed by atoms with van der Waals surface area (Å²) in [6.45, 7) is -3.01. The molecule has 0 unspecified atom stereocenters. The van der Waals surface area contributed by atoms with E-state index in [0.29, 0.717) is 0 Å². The molecule has 0 fully saturated rings. The van der Waals surface area contributed by atoms with Crippen molar-refractivity contribution in [3.8, 4) is 11.6 Å². The van der Waals surface area contributed by atoms with Crippen LogP contribution in [-0.4, -0.2) is 30.7 Å². The Labute approximate surface area is 89.4 Å². The molecular weight excluding hydrogens is 232 g/mol. The zero-order valence-electron chi connectivity index (χ0n) is 7.92. The van der Waals surface area contributed by atoms with E-state index in [1.54, 1.807) is 7.05 Å². The first-order valence-electron chi connectivity index (χ1n) is 3.82. The van der Waals surface area contributed by atoms with Crippen LogP contribution in [0.4, 0.5) is 14.7 Å². The van der Waals surface area contributed by atoms with Crippen molar-refractivity contribution in [1.82, 2.24) is 9.97 Å². The van der Waals surface area contributed by atoms with Gasteiger partial charge in [0.05, 0.1) is 7.11 Å². The van der Waals surface area contributed by atoms with Crippen molar-refractivity contribution in [3.63, 3.8) is 0 Å². The number of nitrogens with zero attached hydrogens (tertiary/aromatic N) is 2. The largest absolute Gasteiger partial charge is 0.478 e. The van der Waals surface area contributed by atoms with Crippen LogP contribution in [0.1, 0.15) is 0 Å². The summed E-state index contributed by atoms with van der Waals surface area (Å²) in [6.07, 6.45) is 0. The molecule has 15 heavy (non-hydrogen) atoms. The summed E-state index contributed by atoms with van der Waals surface area (Å²) in [6, 6.07) is 0. The molecule has 5 nitrogen and oxygen atoms in total. The molecule has 0 aliphatic carbocycles.